The number of nitrogen functional groups attached to an aromatic ring is 2. The van der Waals surface area contributed by atoms with Crippen molar-refractivity contribution >= 4 is 17.6 Å². The van der Waals surface area contributed by atoms with Gasteiger partial charge in [-0.25, -0.2) is 0 Å². The van der Waals surface area contributed by atoms with Crippen LogP contribution in [0.4, 0.5) is 17.6 Å². The van der Waals surface area contributed by atoms with Gasteiger partial charge < -0.3 is 16.8 Å². The fourth-order valence-corrected chi connectivity index (χ4v) is 2.37. The van der Waals surface area contributed by atoms with E-state index in [2.05, 4.69) is 15.3 Å². The number of nitrogens with one attached hydrogen (secondary N) is 1. The molecule has 0 radical (unpaired) electrons. The molecular weight excluding hydrogens is 214 g/mol. The van der Waals surface area contributed by atoms with Crippen molar-refractivity contribution in [2.75, 3.05) is 16.8 Å². The molecule has 0 spiro atoms. The van der Waals surface area contributed by atoms with Gasteiger partial charge in [0, 0.05) is 12.1 Å². The SMILES string of the molecule is Nc1cc(NC2CCCCCCC2)nc(N)n1. The molecule has 0 amide bonds. The number of nitrogens with two attached hydrogens (primary N) is 2. The van der Waals surface area contributed by atoms with Gasteiger partial charge in [-0.1, -0.05) is 32.1 Å². The van der Waals surface area contributed by atoms with E-state index in [4.69, 9.17) is 11.5 Å². The molecule has 1 fully saturated rings. The van der Waals surface area contributed by atoms with Crippen molar-refractivity contribution in [3.8, 4) is 0 Å². The van der Waals surface area contributed by atoms with Gasteiger partial charge in [0.15, 0.2) is 0 Å². The van der Waals surface area contributed by atoms with E-state index < -0.39 is 0 Å². The molecule has 5 heteroatoms. The molecule has 0 aromatic carbocycles. The average molecular weight is 235 g/mol. The van der Waals surface area contributed by atoms with E-state index in [1.807, 2.05) is 0 Å². The highest BCUT2D eigenvalue weighted by Crippen LogP contribution is 2.20. The van der Waals surface area contributed by atoms with Gasteiger partial charge in [-0.05, 0) is 12.8 Å². The molecule has 0 unspecified atom stereocenters. The van der Waals surface area contributed by atoms with Crippen LogP contribution < -0.4 is 16.8 Å². The van der Waals surface area contributed by atoms with Crippen LogP contribution in [0.5, 0.6) is 0 Å². The minimum atomic E-state index is 0.235. The minimum Gasteiger partial charge on any atom is -0.383 e. The maximum absolute atomic E-state index is 5.65. The molecule has 1 heterocycles. The average Bonchev–Trinajstić information content (AvgIpc) is 2.20. The Bertz CT molecular complexity index is 338. The molecule has 1 aliphatic carbocycles. The molecular formula is C12H21N5. The number of nitrogens with zero attached hydrogens (tertiary/aromatic N) is 2. The Balaban J connectivity index is 1.97. The van der Waals surface area contributed by atoms with Crippen molar-refractivity contribution in [1.29, 1.82) is 0 Å². The van der Waals surface area contributed by atoms with E-state index >= 15 is 0 Å². The number of anilines is 3. The monoisotopic (exact) mass is 235 g/mol. The number of hydrogen-bond acceptors (Lipinski definition) is 5. The summed E-state index contributed by atoms with van der Waals surface area (Å²) < 4.78 is 0. The van der Waals surface area contributed by atoms with Gasteiger partial charge in [0.1, 0.15) is 11.6 Å². The summed E-state index contributed by atoms with van der Waals surface area (Å²) in [4.78, 5) is 8.02. The summed E-state index contributed by atoms with van der Waals surface area (Å²) in [6.07, 6.45) is 9.02. The summed E-state index contributed by atoms with van der Waals surface area (Å²) in [5.41, 5.74) is 11.2. The molecule has 1 aromatic rings. The molecule has 2 rings (SSSR count). The Kier molecular flexibility index (Phi) is 4.01. The lowest BCUT2D eigenvalue weighted by atomic mass is 9.97. The lowest BCUT2D eigenvalue weighted by molar-refractivity contribution is 0.471. The van der Waals surface area contributed by atoms with Crippen molar-refractivity contribution < 1.29 is 0 Å². The van der Waals surface area contributed by atoms with Crippen molar-refractivity contribution in [3.63, 3.8) is 0 Å². The van der Waals surface area contributed by atoms with Crippen LogP contribution in [-0.4, -0.2) is 16.0 Å². The summed E-state index contributed by atoms with van der Waals surface area (Å²) in [5, 5.41) is 3.42. The van der Waals surface area contributed by atoms with Crippen LogP contribution in [0.3, 0.4) is 0 Å². The van der Waals surface area contributed by atoms with Gasteiger partial charge in [0.05, 0.1) is 0 Å². The first kappa shape index (κ1) is 12.0. The summed E-state index contributed by atoms with van der Waals surface area (Å²) in [5.74, 6) is 1.41. The van der Waals surface area contributed by atoms with Gasteiger partial charge >= 0.3 is 0 Å². The molecule has 0 atom stereocenters. The van der Waals surface area contributed by atoms with E-state index in [0.29, 0.717) is 11.9 Å². The van der Waals surface area contributed by atoms with E-state index in [-0.39, 0.29) is 5.95 Å². The number of hydrogen-bond donors (Lipinski definition) is 3. The first-order chi connectivity index (χ1) is 8.24. The second-order valence-corrected chi connectivity index (χ2v) is 4.72. The lowest BCUT2D eigenvalue weighted by Gasteiger charge is -2.21. The minimum absolute atomic E-state index is 0.235. The standard InChI is InChI=1S/C12H21N5/c13-10-8-11(17-12(14)16-10)15-9-6-4-2-1-3-5-7-9/h8-9H,1-7H2,(H5,13,14,15,16,17). The summed E-state index contributed by atoms with van der Waals surface area (Å²) in [6.45, 7) is 0. The highest BCUT2D eigenvalue weighted by Gasteiger charge is 2.12. The third kappa shape index (κ3) is 3.76. The molecule has 17 heavy (non-hydrogen) atoms. The quantitative estimate of drug-likeness (QED) is 0.731. The van der Waals surface area contributed by atoms with Crippen LogP contribution in [0.1, 0.15) is 44.9 Å². The van der Waals surface area contributed by atoms with Crippen LogP contribution in [-0.2, 0) is 0 Å². The van der Waals surface area contributed by atoms with Crippen LogP contribution in [0, 0.1) is 0 Å². The Morgan fingerprint density at radius 1 is 1.00 bits per heavy atom. The Morgan fingerprint density at radius 3 is 2.29 bits per heavy atom. The largest absolute Gasteiger partial charge is 0.383 e. The Labute approximate surface area is 102 Å². The maximum Gasteiger partial charge on any atom is 0.223 e. The molecule has 1 aliphatic rings. The van der Waals surface area contributed by atoms with Crippen molar-refractivity contribution in [2.45, 2.75) is 51.0 Å². The number of rotatable bonds is 2. The molecule has 5 N–H and O–H groups in total. The second kappa shape index (κ2) is 5.70. The summed E-state index contributed by atoms with van der Waals surface area (Å²) in [6, 6.07) is 2.23. The highest BCUT2D eigenvalue weighted by atomic mass is 15.1. The lowest BCUT2D eigenvalue weighted by Crippen LogP contribution is -2.21. The third-order valence-corrected chi connectivity index (χ3v) is 3.22. The van der Waals surface area contributed by atoms with Crippen LogP contribution in [0.25, 0.3) is 0 Å². The van der Waals surface area contributed by atoms with E-state index in [1.54, 1.807) is 6.07 Å². The zero-order valence-electron chi connectivity index (χ0n) is 10.2. The fraction of sp³-hybridized carbons (Fsp3) is 0.667. The van der Waals surface area contributed by atoms with E-state index in [9.17, 15) is 0 Å². The zero-order chi connectivity index (χ0) is 12.1. The van der Waals surface area contributed by atoms with Crippen LogP contribution in [0.15, 0.2) is 6.07 Å². The van der Waals surface area contributed by atoms with E-state index in [0.717, 1.165) is 5.82 Å². The molecule has 0 bridgehead atoms. The van der Waals surface area contributed by atoms with Gasteiger partial charge in [-0.2, -0.15) is 9.97 Å². The Hall–Kier alpha value is -1.52. The first-order valence-electron chi connectivity index (χ1n) is 6.40. The predicted molar refractivity (Wildman–Crippen MR) is 70.6 cm³/mol. The van der Waals surface area contributed by atoms with Gasteiger partial charge in [0.2, 0.25) is 5.95 Å². The Morgan fingerprint density at radius 2 is 1.65 bits per heavy atom. The molecule has 0 saturated heterocycles. The summed E-state index contributed by atoms with van der Waals surface area (Å²) >= 11 is 0. The van der Waals surface area contributed by atoms with E-state index in [1.165, 1.54) is 44.9 Å². The van der Waals surface area contributed by atoms with Crippen molar-refractivity contribution in [3.05, 3.63) is 6.07 Å². The maximum atomic E-state index is 5.65. The molecule has 1 aromatic heterocycles. The van der Waals surface area contributed by atoms with Crippen molar-refractivity contribution in [2.24, 2.45) is 0 Å². The van der Waals surface area contributed by atoms with Crippen LogP contribution >= 0.6 is 0 Å². The smallest absolute Gasteiger partial charge is 0.223 e. The first-order valence-corrected chi connectivity index (χ1v) is 6.40. The number of aromatic nitrogens is 2. The molecule has 94 valence electrons. The van der Waals surface area contributed by atoms with Crippen LogP contribution in [0.2, 0.25) is 0 Å². The third-order valence-electron chi connectivity index (χ3n) is 3.22. The zero-order valence-corrected chi connectivity index (χ0v) is 10.2. The second-order valence-electron chi connectivity index (χ2n) is 4.72. The predicted octanol–water partition coefficient (Wildman–Crippen LogP) is 2.17. The topological polar surface area (TPSA) is 89.8 Å². The van der Waals surface area contributed by atoms with Crippen molar-refractivity contribution in [1.82, 2.24) is 9.97 Å². The van der Waals surface area contributed by atoms with Gasteiger partial charge in [-0.15, -0.1) is 0 Å². The molecule has 5 nitrogen and oxygen atoms in total. The normalized spacial score (nSPS) is 18.4. The highest BCUT2D eigenvalue weighted by molar-refractivity contribution is 5.48. The van der Waals surface area contributed by atoms with Gasteiger partial charge in [-0.3, -0.25) is 0 Å². The molecule has 1 saturated carbocycles. The fourth-order valence-electron chi connectivity index (χ4n) is 2.37. The van der Waals surface area contributed by atoms with Gasteiger partial charge in [0.25, 0.3) is 0 Å². The molecule has 0 aliphatic heterocycles. The summed E-state index contributed by atoms with van der Waals surface area (Å²) in [7, 11) is 0.